The molecule has 1 aromatic rings. The quantitative estimate of drug-likeness (QED) is 0.772. The fourth-order valence-electron chi connectivity index (χ4n) is 2.46. The Morgan fingerprint density at radius 3 is 2.57 bits per heavy atom. The number of carbonyl (C=O) groups is 1. The number of hydrogen-bond donors (Lipinski definition) is 2. The molecule has 1 atom stereocenters. The highest BCUT2D eigenvalue weighted by Gasteiger charge is 2.16. The van der Waals surface area contributed by atoms with Crippen LogP contribution in [0.2, 0.25) is 0 Å². The van der Waals surface area contributed by atoms with E-state index in [9.17, 15) is 9.59 Å². The van der Waals surface area contributed by atoms with E-state index in [-0.39, 0.29) is 23.1 Å². The van der Waals surface area contributed by atoms with E-state index in [1.165, 1.54) is 0 Å². The number of aromatic nitrogens is 1. The predicted octanol–water partition coefficient (Wildman–Crippen LogP) is 3.33. The van der Waals surface area contributed by atoms with Gasteiger partial charge in [0.1, 0.15) is 5.56 Å². The molecule has 21 heavy (non-hydrogen) atoms. The monoisotopic (exact) mass is 292 g/mol. The number of unbranched alkanes of at least 4 members (excludes halogenated alkanes) is 1. The van der Waals surface area contributed by atoms with E-state index in [1.54, 1.807) is 6.07 Å². The predicted molar refractivity (Wildman–Crippen MR) is 86.9 cm³/mol. The van der Waals surface area contributed by atoms with Crippen LogP contribution in [-0.4, -0.2) is 16.9 Å². The molecule has 1 rings (SSSR count). The molecule has 0 bridgehead atoms. The number of aryl methyl sites for hydroxylation is 2. The van der Waals surface area contributed by atoms with Gasteiger partial charge in [-0.2, -0.15) is 0 Å². The molecule has 1 heterocycles. The minimum absolute atomic E-state index is 0.146. The topological polar surface area (TPSA) is 62.0 Å². The van der Waals surface area contributed by atoms with Crippen molar-refractivity contribution < 1.29 is 4.79 Å². The zero-order valence-electron chi connectivity index (χ0n) is 13.7. The number of H-pyrrole nitrogens is 1. The van der Waals surface area contributed by atoms with Crippen molar-refractivity contribution in [3.8, 4) is 0 Å². The van der Waals surface area contributed by atoms with Crippen LogP contribution in [0.3, 0.4) is 0 Å². The van der Waals surface area contributed by atoms with Gasteiger partial charge in [0, 0.05) is 11.7 Å². The summed E-state index contributed by atoms with van der Waals surface area (Å²) in [5, 5.41) is 2.99. The second-order valence-corrected chi connectivity index (χ2v) is 5.63. The molecule has 0 spiro atoms. The summed E-state index contributed by atoms with van der Waals surface area (Å²) >= 11 is 0. The van der Waals surface area contributed by atoms with Crippen molar-refractivity contribution in [3.05, 3.63) is 33.2 Å². The normalized spacial score (nSPS) is 12.2. The Balaban J connectivity index is 2.90. The minimum atomic E-state index is -0.296. The Morgan fingerprint density at radius 2 is 2.00 bits per heavy atom. The maximum atomic E-state index is 12.3. The van der Waals surface area contributed by atoms with Crippen LogP contribution in [0, 0.1) is 6.92 Å². The van der Waals surface area contributed by atoms with Crippen LogP contribution in [-0.2, 0) is 6.42 Å². The molecule has 0 aliphatic rings. The molecule has 4 heteroatoms. The fraction of sp³-hybridized carbons (Fsp3) is 0.647. The van der Waals surface area contributed by atoms with Gasteiger partial charge in [-0.05, 0) is 37.8 Å². The molecule has 0 saturated carbocycles. The summed E-state index contributed by atoms with van der Waals surface area (Å²) in [6.45, 7) is 8.16. The molecule has 0 fully saturated rings. The Kier molecular flexibility index (Phi) is 7.20. The Morgan fingerprint density at radius 1 is 1.29 bits per heavy atom. The molecule has 4 nitrogen and oxygen atoms in total. The number of amides is 1. The van der Waals surface area contributed by atoms with Gasteiger partial charge in [-0.1, -0.05) is 40.0 Å². The van der Waals surface area contributed by atoms with Crippen molar-refractivity contribution >= 4 is 5.91 Å². The van der Waals surface area contributed by atoms with Gasteiger partial charge in [0.25, 0.3) is 11.5 Å². The van der Waals surface area contributed by atoms with Crippen LogP contribution in [0.15, 0.2) is 10.9 Å². The van der Waals surface area contributed by atoms with Crippen molar-refractivity contribution in [2.24, 2.45) is 0 Å². The number of pyridine rings is 1. The van der Waals surface area contributed by atoms with Gasteiger partial charge in [0.05, 0.1) is 0 Å². The first-order chi connectivity index (χ1) is 10.0. The van der Waals surface area contributed by atoms with Crippen molar-refractivity contribution in [2.75, 3.05) is 0 Å². The van der Waals surface area contributed by atoms with Gasteiger partial charge >= 0.3 is 0 Å². The van der Waals surface area contributed by atoms with Crippen LogP contribution >= 0.6 is 0 Å². The lowest BCUT2D eigenvalue weighted by molar-refractivity contribution is 0.0931. The van der Waals surface area contributed by atoms with E-state index in [2.05, 4.69) is 31.1 Å². The standard InChI is InChI=1S/C17H28N2O2/c1-5-8-10-14(7-3)19-17(21)15-11-13(9-6-2)12(4)18-16(15)20/h11,14H,5-10H2,1-4H3,(H,18,20)(H,19,21)/t14-/m1/s1. The summed E-state index contributed by atoms with van der Waals surface area (Å²) in [4.78, 5) is 27.1. The van der Waals surface area contributed by atoms with E-state index in [0.29, 0.717) is 0 Å². The molecule has 2 N–H and O–H groups in total. The van der Waals surface area contributed by atoms with Crippen molar-refractivity contribution in [2.45, 2.75) is 72.3 Å². The average molecular weight is 292 g/mol. The maximum absolute atomic E-state index is 12.3. The second kappa shape index (κ2) is 8.65. The van der Waals surface area contributed by atoms with E-state index in [0.717, 1.165) is 49.8 Å². The first kappa shape index (κ1) is 17.5. The first-order valence-electron chi connectivity index (χ1n) is 8.07. The Hall–Kier alpha value is -1.58. The third-order valence-electron chi connectivity index (χ3n) is 3.84. The summed E-state index contributed by atoms with van der Waals surface area (Å²) in [5.74, 6) is -0.253. The summed E-state index contributed by atoms with van der Waals surface area (Å²) in [7, 11) is 0. The summed E-state index contributed by atoms with van der Waals surface area (Å²) in [5.41, 5.74) is 1.84. The lowest BCUT2D eigenvalue weighted by atomic mass is 10.0. The van der Waals surface area contributed by atoms with Crippen LogP contribution in [0.4, 0.5) is 0 Å². The van der Waals surface area contributed by atoms with Crippen LogP contribution in [0.1, 0.15) is 74.5 Å². The SMILES string of the molecule is CCCC[C@@H](CC)NC(=O)c1cc(CCC)c(C)[nH]c1=O. The molecular formula is C17H28N2O2. The summed E-state index contributed by atoms with van der Waals surface area (Å²) in [6.07, 6.45) is 5.90. The van der Waals surface area contributed by atoms with Crippen molar-refractivity contribution in [1.82, 2.24) is 10.3 Å². The minimum Gasteiger partial charge on any atom is -0.349 e. The molecule has 1 amide bonds. The molecule has 0 aromatic carbocycles. The lowest BCUT2D eigenvalue weighted by Crippen LogP contribution is -2.37. The smallest absolute Gasteiger partial charge is 0.261 e. The molecule has 0 aliphatic heterocycles. The molecule has 0 unspecified atom stereocenters. The highest BCUT2D eigenvalue weighted by atomic mass is 16.2. The lowest BCUT2D eigenvalue weighted by Gasteiger charge is -2.17. The second-order valence-electron chi connectivity index (χ2n) is 5.63. The van der Waals surface area contributed by atoms with Crippen LogP contribution in [0.25, 0.3) is 0 Å². The van der Waals surface area contributed by atoms with Gasteiger partial charge < -0.3 is 10.3 Å². The van der Waals surface area contributed by atoms with Gasteiger partial charge in [-0.15, -0.1) is 0 Å². The highest BCUT2D eigenvalue weighted by molar-refractivity contribution is 5.94. The van der Waals surface area contributed by atoms with Gasteiger partial charge in [0.2, 0.25) is 0 Å². The molecular weight excluding hydrogens is 264 g/mol. The zero-order valence-corrected chi connectivity index (χ0v) is 13.7. The zero-order chi connectivity index (χ0) is 15.8. The summed E-state index contributed by atoms with van der Waals surface area (Å²) < 4.78 is 0. The molecule has 118 valence electrons. The van der Waals surface area contributed by atoms with Crippen LogP contribution < -0.4 is 10.9 Å². The van der Waals surface area contributed by atoms with Gasteiger partial charge in [-0.3, -0.25) is 9.59 Å². The third-order valence-corrected chi connectivity index (χ3v) is 3.84. The van der Waals surface area contributed by atoms with E-state index < -0.39 is 0 Å². The average Bonchev–Trinajstić information content (AvgIpc) is 2.46. The first-order valence-corrected chi connectivity index (χ1v) is 8.07. The third kappa shape index (κ3) is 5.03. The van der Waals surface area contributed by atoms with Gasteiger partial charge in [0.15, 0.2) is 0 Å². The largest absolute Gasteiger partial charge is 0.349 e. The molecule has 1 aromatic heterocycles. The van der Waals surface area contributed by atoms with E-state index >= 15 is 0 Å². The maximum Gasteiger partial charge on any atom is 0.261 e. The number of rotatable bonds is 8. The Labute approximate surface area is 127 Å². The van der Waals surface area contributed by atoms with E-state index in [4.69, 9.17) is 0 Å². The summed E-state index contributed by atoms with van der Waals surface area (Å²) in [6, 6.07) is 1.90. The van der Waals surface area contributed by atoms with Crippen LogP contribution in [0.5, 0.6) is 0 Å². The number of hydrogen-bond acceptors (Lipinski definition) is 2. The Bertz CT molecular complexity index is 520. The van der Waals surface area contributed by atoms with Gasteiger partial charge in [-0.25, -0.2) is 0 Å². The van der Waals surface area contributed by atoms with Crippen molar-refractivity contribution in [3.63, 3.8) is 0 Å². The molecule has 0 radical (unpaired) electrons. The van der Waals surface area contributed by atoms with E-state index in [1.807, 2.05) is 6.92 Å². The molecule has 0 saturated heterocycles. The number of carbonyl (C=O) groups excluding carboxylic acids is 1. The number of nitrogens with one attached hydrogen (secondary N) is 2. The molecule has 0 aliphatic carbocycles. The fourth-order valence-corrected chi connectivity index (χ4v) is 2.46. The number of aromatic amines is 1. The highest BCUT2D eigenvalue weighted by Crippen LogP contribution is 2.09. The van der Waals surface area contributed by atoms with Crippen molar-refractivity contribution in [1.29, 1.82) is 0 Å².